The van der Waals surface area contributed by atoms with E-state index in [-0.39, 0.29) is 12.0 Å². The molecule has 23 heavy (non-hydrogen) atoms. The topological polar surface area (TPSA) is 106 Å². The van der Waals surface area contributed by atoms with Crippen molar-refractivity contribution < 1.29 is 14.2 Å². The van der Waals surface area contributed by atoms with Crippen LogP contribution in [-0.4, -0.2) is 29.2 Å². The lowest BCUT2D eigenvalue weighted by Gasteiger charge is -2.42. The number of nitrogens with two attached hydrogens (primary N) is 1. The summed E-state index contributed by atoms with van der Waals surface area (Å²) in [5.41, 5.74) is 7.58. The van der Waals surface area contributed by atoms with Crippen molar-refractivity contribution in [2.24, 2.45) is 5.73 Å². The van der Waals surface area contributed by atoms with Crippen LogP contribution >= 0.6 is 0 Å². The lowest BCUT2D eigenvalue weighted by atomic mass is 9.68. The molecule has 3 atom stereocenters. The Morgan fingerprint density at radius 1 is 1.52 bits per heavy atom. The third kappa shape index (κ3) is 1.92. The average molecular weight is 316 g/mol. The van der Waals surface area contributed by atoms with Gasteiger partial charge in [-0.05, 0) is 25.7 Å². The number of nitrogens with one attached hydrogen (secondary N) is 1. The molecule has 3 aliphatic heterocycles. The molecule has 4 rings (SSSR count). The van der Waals surface area contributed by atoms with Gasteiger partial charge in [0.15, 0.2) is 6.29 Å². The van der Waals surface area contributed by atoms with Gasteiger partial charge in [0.25, 0.3) is 0 Å². The molecule has 0 aliphatic carbocycles. The van der Waals surface area contributed by atoms with E-state index < -0.39 is 11.7 Å². The zero-order valence-electron chi connectivity index (χ0n) is 13.1. The number of hydrogen-bond acceptors (Lipinski definition) is 6. The summed E-state index contributed by atoms with van der Waals surface area (Å²) in [5.74, 6) is 0.552. The van der Waals surface area contributed by atoms with Crippen LogP contribution in [0.3, 0.4) is 0 Å². The Morgan fingerprint density at radius 2 is 2.39 bits per heavy atom. The van der Waals surface area contributed by atoms with E-state index in [0.717, 1.165) is 43.4 Å². The number of hydrogen-bond donors (Lipinski definition) is 2. The second-order valence-electron chi connectivity index (χ2n) is 6.37. The second-order valence-corrected chi connectivity index (χ2v) is 6.37. The molecule has 2 saturated heterocycles. The summed E-state index contributed by atoms with van der Waals surface area (Å²) >= 11 is 0. The molecule has 0 amide bonds. The highest BCUT2D eigenvalue weighted by atomic mass is 16.7. The van der Waals surface area contributed by atoms with Crippen molar-refractivity contribution in [2.75, 3.05) is 6.61 Å². The van der Waals surface area contributed by atoms with Crippen LogP contribution in [0.2, 0.25) is 0 Å². The standard InChI is InChI=1S/C16H20N4O3/c1-2-3-4-11-12-14(20-19-11)23-13(18)10(7-17)16(12)6-5-9-8-21-15(16)22-9/h9,15H,2-6,8,18H2,1H3,(H,19,20)/t9-,15+,16-/m0/s1. The minimum absolute atomic E-state index is 0.101. The highest BCUT2D eigenvalue weighted by Gasteiger charge is 2.58. The summed E-state index contributed by atoms with van der Waals surface area (Å²) in [6.45, 7) is 2.70. The molecule has 0 radical (unpaired) electrons. The van der Waals surface area contributed by atoms with Crippen LogP contribution in [0.15, 0.2) is 11.5 Å². The smallest absolute Gasteiger partial charge is 0.244 e. The molecule has 1 aromatic rings. The number of H-pyrrole nitrogens is 1. The number of aryl methyl sites for hydroxylation is 1. The monoisotopic (exact) mass is 316 g/mol. The molecular weight excluding hydrogens is 296 g/mol. The Balaban J connectivity index is 1.89. The van der Waals surface area contributed by atoms with Crippen LogP contribution in [0, 0.1) is 11.3 Å². The van der Waals surface area contributed by atoms with Crippen molar-refractivity contribution in [3.8, 4) is 11.9 Å². The number of ether oxygens (including phenoxy) is 3. The normalized spacial score (nSPS) is 31.8. The first-order valence-electron chi connectivity index (χ1n) is 8.13. The molecule has 4 heterocycles. The molecule has 1 spiro atoms. The Morgan fingerprint density at radius 3 is 3.17 bits per heavy atom. The highest BCUT2D eigenvalue weighted by molar-refractivity contribution is 5.55. The fourth-order valence-electron chi connectivity index (χ4n) is 3.93. The predicted molar refractivity (Wildman–Crippen MR) is 80.2 cm³/mol. The molecule has 1 aromatic heterocycles. The summed E-state index contributed by atoms with van der Waals surface area (Å²) in [5, 5.41) is 17.1. The molecule has 0 saturated carbocycles. The maximum absolute atomic E-state index is 9.73. The third-order valence-corrected chi connectivity index (χ3v) is 5.06. The van der Waals surface area contributed by atoms with Gasteiger partial charge in [-0.2, -0.15) is 5.26 Å². The molecule has 2 bridgehead atoms. The van der Waals surface area contributed by atoms with Gasteiger partial charge in [-0.15, -0.1) is 5.10 Å². The summed E-state index contributed by atoms with van der Waals surface area (Å²) in [7, 11) is 0. The van der Waals surface area contributed by atoms with Crippen LogP contribution in [0.1, 0.15) is 43.9 Å². The fraction of sp³-hybridized carbons (Fsp3) is 0.625. The van der Waals surface area contributed by atoms with E-state index in [9.17, 15) is 5.26 Å². The number of nitriles is 1. The molecule has 0 unspecified atom stereocenters. The number of fused-ring (bicyclic) bond motifs is 5. The Hall–Kier alpha value is -2.04. The van der Waals surface area contributed by atoms with Crippen LogP contribution in [0.25, 0.3) is 0 Å². The van der Waals surface area contributed by atoms with Gasteiger partial charge in [0.2, 0.25) is 11.8 Å². The van der Waals surface area contributed by atoms with Crippen LogP contribution in [0.5, 0.6) is 5.88 Å². The lowest BCUT2D eigenvalue weighted by molar-refractivity contribution is -0.126. The van der Waals surface area contributed by atoms with Crippen molar-refractivity contribution in [1.29, 1.82) is 5.26 Å². The van der Waals surface area contributed by atoms with Gasteiger partial charge in [0, 0.05) is 5.69 Å². The van der Waals surface area contributed by atoms with Gasteiger partial charge in [-0.25, -0.2) is 0 Å². The summed E-state index contributed by atoms with van der Waals surface area (Å²) in [6.07, 6.45) is 4.12. The SMILES string of the molecule is CCCCc1[nH]nc2c1[C@]1(CC[C@H]3CO[C@@H]1O3)C(C#N)=C(N)O2. The first-order chi connectivity index (χ1) is 11.2. The predicted octanol–water partition coefficient (Wildman–Crippen LogP) is 1.61. The number of nitrogens with zero attached hydrogens (tertiary/aromatic N) is 2. The lowest BCUT2D eigenvalue weighted by Crippen LogP contribution is -2.48. The van der Waals surface area contributed by atoms with Crippen LogP contribution in [0.4, 0.5) is 0 Å². The Labute approximate surface area is 134 Å². The zero-order valence-corrected chi connectivity index (χ0v) is 13.1. The van der Waals surface area contributed by atoms with E-state index >= 15 is 0 Å². The fourth-order valence-corrected chi connectivity index (χ4v) is 3.93. The largest absolute Gasteiger partial charge is 0.420 e. The summed E-state index contributed by atoms with van der Waals surface area (Å²) < 4.78 is 17.5. The molecule has 7 nitrogen and oxygen atoms in total. The van der Waals surface area contributed by atoms with Crippen molar-refractivity contribution in [3.05, 3.63) is 22.7 Å². The maximum atomic E-state index is 9.73. The average Bonchev–Trinajstić information content (AvgIpc) is 3.14. The van der Waals surface area contributed by atoms with E-state index in [1.165, 1.54) is 0 Å². The van der Waals surface area contributed by atoms with E-state index in [2.05, 4.69) is 23.2 Å². The van der Waals surface area contributed by atoms with Crippen molar-refractivity contribution in [1.82, 2.24) is 10.2 Å². The number of unbranched alkanes of at least 4 members (excludes halogenated alkanes) is 1. The molecule has 122 valence electrons. The van der Waals surface area contributed by atoms with Gasteiger partial charge in [0.1, 0.15) is 11.6 Å². The quantitative estimate of drug-likeness (QED) is 0.877. The van der Waals surface area contributed by atoms with Crippen LogP contribution in [-0.2, 0) is 21.3 Å². The van der Waals surface area contributed by atoms with E-state index in [0.29, 0.717) is 18.1 Å². The summed E-state index contributed by atoms with van der Waals surface area (Å²) in [4.78, 5) is 0. The first kappa shape index (κ1) is 14.5. The minimum atomic E-state index is -0.713. The number of rotatable bonds is 3. The van der Waals surface area contributed by atoms with Crippen molar-refractivity contribution in [2.45, 2.75) is 56.8 Å². The third-order valence-electron chi connectivity index (χ3n) is 5.06. The van der Waals surface area contributed by atoms with E-state index in [4.69, 9.17) is 19.9 Å². The highest BCUT2D eigenvalue weighted by Crippen LogP contribution is 2.54. The van der Waals surface area contributed by atoms with Gasteiger partial charge in [0.05, 0.1) is 23.7 Å². The van der Waals surface area contributed by atoms with Crippen molar-refractivity contribution in [3.63, 3.8) is 0 Å². The van der Waals surface area contributed by atoms with E-state index in [1.807, 2.05) is 0 Å². The zero-order chi connectivity index (χ0) is 16.0. The second kappa shape index (κ2) is 5.25. The number of aromatic amines is 1. The molecular formula is C16H20N4O3. The van der Waals surface area contributed by atoms with Gasteiger partial charge < -0.3 is 19.9 Å². The summed E-state index contributed by atoms with van der Waals surface area (Å²) in [6, 6.07) is 2.24. The molecule has 3 N–H and O–H groups in total. The van der Waals surface area contributed by atoms with Gasteiger partial charge in [-0.3, -0.25) is 5.10 Å². The van der Waals surface area contributed by atoms with Gasteiger partial charge >= 0.3 is 0 Å². The molecule has 0 aromatic carbocycles. The molecule has 2 fully saturated rings. The van der Waals surface area contributed by atoms with Crippen molar-refractivity contribution >= 4 is 0 Å². The molecule has 3 aliphatic rings. The first-order valence-corrected chi connectivity index (χ1v) is 8.13. The Kier molecular flexibility index (Phi) is 3.32. The minimum Gasteiger partial charge on any atom is -0.420 e. The maximum Gasteiger partial charge on any atom is 0.244 e. The van der Waals surface area contributed by atoms with Crippen LogP contribution < -0.4 is 10.5 Å². The van der Waals surface area contributed by atoms with Gasteiger partial charge in [-0.1, -0.05) is 13.3 Å². The van der Waals surface area contributed by atoms with E-state index in [1.54, 1.807) is 0 Å². The number of aromatic nitrogens is 2. The molecule has 7 heteroatoms. The Bertz CT molecular complexity index is 705.